The molecule has 0 atom stereocenters. The lowest BCUT2D eigenvalue weighted by molar-refractivity contribution is 0.669. The van der Waals surface area contributed by atoms with Crippen LogP contribution in [0.5, 0.6) is 0 Å². The maximum atomic E-state index is 6.74. The first-order valence-corrected chi connectivity index (χ1v) is 20.3. The van der Waals surface area contributed by atoms with Crippen LogP contribution in [-0.2, 0) is 0 Å². The highest BCUT2D eigenvalue weighted by Crippen LogP contribution is 2.44. The van der Waals surface area contributed by atoms with Gasteiger partial charge in [0, 0.05) is 66.8 Å². The summed E-state index contributed by atoms with van der Waals surface area (Å²) < 4.78 is 13.1. The van der Waals surface area contributed by atoms with Crippen molar-refractivity contribution in [1.82, 2.24) is 15.0 Å². The average molecular weight is 783 g/mol. The van der Waals surface area contributed by atoms with Gasteiger partial charge in [-0.15, -0.1) is 0 Å². The monoisotopic (exact) mass is 782 g/mol. The SMILES string of the molecule is c1ccc(-c2ccc(-c3nc(-c4ccccc4)nc(-c4cc5c6ccccc6oc5c5cc(N(c6ccccc6)c6ccc7c(c6)oc6ccccc67)ccc45)n3)cc2)cc1. The molecule has 0 N–H and O–H groups in total. The maximum absolute atomic E-state index is 6.74. The third-order valence-electron chi connectivity index (χ3n) is 11.5. The lowest BCUT2D eigenvalue weighted by atomic mass is 9.98. The molecule has 0 bridgehead atoms. The van der Waals surface area contributed by atoms with E-state index in [1.807, 2.05) is 72.8 Å². The van der Waals surface area contributed by atoms with Gasteiger partial charge in [0.05, 0.1) is 0 Å². The van der Waals surface area contributed by atoms with Gasteiger partial charge in [0.25, 0.3) is 0 Å². The smallest absolute Gasteiger partial charge is 0.164 e. The Bertz CT molecular complexity index is 3580. The summed E-state index contributed by atoms with van der Waals surface area (Å²) in [5, 5.41) is 6.10. The average Bonchev–Trinajstić information content (AvgIpc) is 3.90. The van der Waals surface area contributed by atoms with Gasteiger partial charge in [-0.05, 0) is 71.1 Å². The van der Waals surface area contributed by atoms with E-state index in [0.717, 1.165) is 99.5 Å². The van der Waals surface area contributed by atoms with Crippen molar-refractivity contribution in [3.63, 3.8) is 0 Å². The molecule has 0 aliphatic carbocycles. The summed E-state index contributed by atoms with van der Waals surface area (Å²) in [6, 6.07) is 70.9. The van der Waals surface area contributed by atoms with Crippen molar-refractivity contribution < 1.29 is 8.83 Å². The molecule has 12 rings (SSSR count). The summed E-state index contributed by atoms with van der Waals surface area (Å²) in [4.78, 5) is 17.8. The van der Waals surface area contributed by atoms with Crippen LogP contribution in [0.15, 0.2) is 215 Å². The van der Waals surface area contributed by atoms with Crippen LogP contribution < -0.4 is 4.90 Å². The van der Waals surface area contributed by atoms with Gasteiger partial charge in [0.2, 0.25) is 0 Å². The Labute approximate surface area is 350 Å². The Morgan fingerprint density at radius 3 is 1.48 bits per heavy atom. The van der Waals surface area contributed by atoms with E-state index in [-0.39, 0.29) is 0 Å². The van der Waals surface area contributed by atoms with Crippen molar-refractivity contribution >= 4 is 71.7 Å². The number of hydrogen-bond acceptors (Lipinski definition) is 6. The molecular formula is C55H34N4O2. The zero-order valence-electron chi connectivity index (χ0n) is 32.7. The lowest BCUT2D eigenvalue weighted by Crippen LogP contribution is -2.09. The van der Waals surface area contributed by atoms with Crippen LogP contribution in [0.2, 0.25) is 0 Å². The topological polar surface area (TPSA) is 68.2 Å². The van der Waals surface area contributed by atoms with Crippen LogP contribution >= 0.6 is 0 Å². The van der Waals surface area contributed by atoms with Crippen molar-refractivity contribution in [3.8, 4) is 45.3 Å². The summed E-state index contributed by atoms with van der Waals surface area (Å²) in [5.74, 6) is 1.78. The number of benzene rings is 9. The molecule has 12 aromatic rings. The summed E-state index contributed by atoms with van der Waals surface area (Å²) in [6.45, 7) is 0. The minimum atomic E-state index is 0.580. The second kappa shape index (κ2) is 14.2. The number of furan rings is 2. The van der Waals surface area contributed by atoms with Gasteiger partial charge in [0.1, 0.15) is 22.3 Å². The molecule has 0 spiro atoms. The van der Waals surface area contributed by atoms with Crippen molar-refractivity contribution in [1.29, 1.82) is 0 Å². The first-order chi connectivity index (χ1) is 30.2. The molecule has 3 heterocycles. The molecule has 3 aromatic heterocycles. The Balaban J connectivity index is 1.08. The highest BCUT2D eigenvalue weighted by molar-refractivity contribution is 6.19. The third kappa shape index (κ3) is 6.00. The van der Waals surface area contributed by atoms with E-state index in [2.05, 4.69) is 138 Å². The van der Waals surface area contributed by atoms with Crippen LogP contribution in [0.1, 0.15) is 0 Å². The zero-order chi connectivity index (χ0) is 40.3. The Morgan fingerprint density at radius 1 is 0.295 bits per heavy atom. The van der Waals surface area contributed by atoms with E-state index in [1.165, 1.54) is 0 Å². The van der Waals surface area contributed by atoms with Crippen LogP contribution in [0.4, 0.5) is 17.1 Å². The van der Waals surface area contributed by atoms with Gasteiger partial charge in [-0.3, -0.25) is 0 Å². The van der Waals surface area contributed by atoms with Crippen molar-refractivity contribution in [2.24, 2.45) is 0 Å². The van der Waals surface area contributed by atoms with Crippen LogP contribution in [0.25, 0.3) is 99.9 Å². The molecule has 0 saturated carbocycles. The summed E-state index contributed by atoms with van der Waals surface area (Å²) in [6.07, 6.45) is 0. The zero-order valence-corrected chi connectivity index (χ0v) is 32.7. The lowest BCUT2D eigenvalue weighted by Gasteiger charge is -2.26. The third-order valence-corrected chi connectivity index (χ3v) is 11.5. The van der Waals surface area contributed by atoms with Gasteiger partial charge < -0.3 is 13.7 Å². The van der Waals surface area contributed by atoms with Crippen molar-refractivity contribution in [3.05, 3.63) is 206 Å². The number of nitrogens with zero attached hydrogens (tertiary/aromatic N) is 4. The number of anilines is 3. The predicted octanol–water partition coefficient (Wildman–Crippen LogP) is 15.0. The number of para-hydroxylation sites is 3. The number of hydrogen-bond donors (Lipinski definition) is 0. The number of aromatic nitrogens is 3. The molecule has 0 radical (unpaired) electrons. The largest absolute Gasteiger partial charge is 0.456 e. The Kier molecular flexibility index (Phi) is 8.06. The quantitative estimate of drug-likeness (QED) is 0.160. The van der Waals surface area contributed by atoms with E-state index in [1.54, 1.807) is 0 Å². The molecule has 0 fully saturated rings. The predicted molar refractivity (Wildman–Crippen MR) is 248 cm³/mol. The molecule has 9 aromatic carbocycles. The maximum Gasteiger partial charge on any atom is 0.164 e. The van der Waals surface area contributed by atoms with E-state index in [9.17, 15) is 0 Å². The standard InChI is InChI=1S/C55H34N4O2/c1-4-14-35(15-5-1)36-24-26-38(27-25-36)54-56-53(37-16-6-2-7-17-37)57-55(58-54)48-34-47-44-21-11-13-23-50(44)61-52(47)46-32-40(28-30-42(46)48)59(39-18-8-3-9-19-39)41-29-31-45-43-20-10-12-22-49(43)60-51(45)33-41/h1-34H. The number of rotatable bonds is 7. The summed E-state index contributed by atoms with van der Waals surface area (Å²) in [7, 11) is 0. The summed E-state index contributed by atoms with van der Waals surface area (Å²) >= 11 is 0. The Hall–Kier alpha value is -8.35. The van der Waals surface area contributed by atoms with Gasteiger partial charge in [-0.25, -0.2) is 15.0 Å². The fourth-order valence-corrected chi connectivity index (χ4v) is 8.57. The molecule has 0 aliphatic heterocycles. The van der Waals surface area contributed by atoms with Crippen LogP contribution in [-0.4, -0.2) is 15.0 Å². The van der Waals surface area contributed by atoms with Gasteiger partial charge in [-0.2, -0.15) is 0 Å². The molecule has 6 nitrogen and oxygen atoms in total. The Morgan fingerprint density at radius 2 is 0.770 bits per heavy atom. The van der Waals surface area contributed by atoms with E-state index in [0.29, 0.717) is 17.5 Å². The molecule has 0 aliphatic rings. The minimum absolute atomic E-state index is 0.580. The fourth-order valence-electron chi connectivity index (χ4n) is 8.57. The van der Waals surface area contributed by atoms with Crippen LogP contribution in [0.3, 0.4) is 0 Å². The molecule has 0 saturated heterocycles. The van der Waals surface area contributed by atoms with Crippen LogP contribution in [0, 0.1) is 0 Å². The molecule has 6 heteroatoms. The molecule has 61 heavy (non-hydrogen) atoms. The second-order valence-corrected chi connectivity index (χ2v) is 15.2. The first kappa shape index (κ1) is 34.7. The number of fused-ring (bicyclic) bond motifs is 8. The van der Waals surface area contributed by atoms with E-state index >= 15 is 0 Å². The molecule has 0 amide bonds. The van der Waals surface area contributed by atoms with Gasteiger partial charge in [-0.1, -0.05) is 146 Å². The first-order valence-electron chi connectivity index (χ1n) is 20.3. The van der Waals surface area contributed by atoms with Crippen molar-refractivity contribution in [2.75, 3.05) is 4.90 Å². The fraction of sp³-hybridized carbons (Fsp3) is 0. The van der Waals surface area contributed by atoms with Gasteiger partial charge in [0.15, 0.2) is 17.5 Å². The molecule has 286 valence electrons. The summed E-state index contributed by atoms with van der Waals surface area (Å²) in [5.41, 5.74) is 11.3. The highest BCUT2D eigenvalue weighted by atomic mass is 16.3. The highest BCUT2D eigenvalue weighted by Gasteiger charge is 2.22. The second-order valence-electron chi connectivity index (χ2n) is 15.2. The normalized spacial score (nSPS) is 11.6. The molecular weight excluding hydrogens is 749 g/mol. The minimum Gasteiger partial charge on any atom is -0.456 e. The van der Waals surface area contributed by atoms with Gasteiger partial charge >= 0.3 is 0 Å². The van der Waals surface area contributed by atoms with E-state index < -0.39 is 0 Å². The van der Waals surface area contributed by atoms with Crippen molar-refractivity contribution in [2.45, 2.75) is 0 Å². The van der Waals surface area contributed by atoms with E-state index in [4.69, 9.17) is 23.8 Å². The molecule has 0 unspecified atom stereocenters.